The summed E-state index contributed by atoms with van der Waals surface area (Å²) in [5.41, 5.74) is 1.60. The third kappa shape index (κ3) is 5.95. The highest BCUT2D eigenvalue weighted by Gasteiger charge is 2.23. The van der Waals surface area contributed by atoms with E-state index in [-0.39, 0.29) is 17.5 Å². The molecule has 174 valence electrons. The number of hydrogen-bond donors (Lipinski definition) is 0. The Labute approximate surface area is 196 Å². The number of hydrogen-bond acceptors (Lipinski definition) is 7. The molecule has 1 aromatic carbocycles. The number of carbonyl (C=O) groups is 1. The standard InChI is InChI=1S/C23H27FN6O2S/c1-32-15-14-30-22(18-6-8-25-9-7-18)26-27-23(30)33-17-21(31)29-12-10-28(11-13-29)16-19-4-2-3-5-20(19)24/h2-9H,10-17H2,1H3. The summed E-state index contributed by atoms with van der Waals surface area (Å²) in [7, 11) is 1.65. The number of amides is 1. The summed E-state index contributed by atoms with van der Waals surface area (Å²) in [5.74, 6) is 0.897. The fourth-order valence-electron chi connectivity index (χ4n) is 3.73. The van der Waals surface area contributed by atoms with E-state index < -0.39 is 0 Å². The van der Waals surface area contributed by atoms with Crippen LogP contribution in [0.25, 0.3) is 11.4 Å². The molecular weight excluding hydrogens is 443 g/mol. The van der Waals surface area contributed by atoms with Gasteiger partial charge in [0.2, 0.25) is 5.91 Å². The van der Waals surface area contributed by atoms with Crippen molar-refractivity contribution in [1.29, 1.82) is 0 Å². The zero-order chi connectivity index (χ0) is 23.0. The fourth-order valence-corrected chi connectivity index (χ4v) is 4.60. The number of methoxy groups -OCH3 is 1. The molecule has 1 saturated heterocycles. The zero-order valence-corrected chi connectivity index (χ0v) is 19.4. The second-order valence-electron chi connectivity index (χ2n) is 7.72. The monoisotopic (exact) mass is 470 g/mol. The number of carbonyl (C=O) groups excluding carboxylic acids is 1. The molecule has 1 aliphatic heterocycles. The van der Waals surface area contributed by atoms with E-state index in [2.05, 4.69) is 20.1 Å². The summed E-state index contributed by atoms with van der Waals surface area (Å²) in [6, 6.07) is 10.6. The number of piperazine rings is 1. The average Bonchev–Trinajstić information content (AvgIpc) is 3.26. The van der Waals surface area contributed by atoms with Crippen LogP contribution in [0.15, 0.2) is 53.9 Å². The van der Waals surface area contributed by atoms with Crippen LogP contribution in [0.5, 0.6) is 0 Å². The van der Waals surface area contributed by atoms with E-state index in [1.54, 1.807) is 25.6 Å². The van der Waals surface area contributed by atoms with Crippen molar-refractivity contribution in [1.82, 2.24) is 29.5 Å². The van der Waals surface area contributed by atoms with Gasteiger partial charge in [0.05, 0.1) is 18.9 Å². The van der Waals surface area contributed by atoms with Crippen molar-refractivity contribution in [2.45, 2.75) is 18.2 Å². The molecule has 0 spiro atoms. The Morgan fingerprint density at radius 2 is 1.85 bits per heavy atom. The average molecular weight is 471 g/mol. The highest BCUT2D eigenvalue weighted by Crippen LogP contribution is 2.24. The lowest BCUT2D eigenvalue weighted by Crippen LogP contribution is -2.48. The Bertz CT molecular complexity index is 1060. The molecule has 0 atom stereocenters. The van der Waals surface area contributed by atoms with Crippen LogP contribution >= 0.6 is 11.8 Å². The minimum absolute atomic E-state index is 0.0669. The zero-order valence-electron chi connectivity index (χ0n) is 18.6. The molecular formula is C23H27FN6O2S. The maximum Gasteiger partial charge on any atom is 0.233 e. The molecule has 33 heavy (non-hydrogen) atoms. The summed E-state index contributed by atoms with van der Waals surface area (Å²) in [6.07, 6.45) is 3.43. The van der Waals surface area contributed by atoms with Crippen LogP contribution in [0.1, 0.15) is 5.56 Å². The molecule has 0 N–H and O–H groups in total. The lowest BCUT2D eigenvalue weighted by atomic mass is 10.2. The topological polar surface area (TPSA) is 76.4 Å². The smallest absolute Gasteiger partial charge is 0.233 e. The molecule has 0 aliphatic carbocycles. The van der Waals surface area contributed by atoms with Gasteiger partial charge in [0.1, 0.15) is 5.82 Å². The second kappa shape index (κ2) is 11.4. The van der Waals surface area contributed by atoms with E-state index in [1.165, 1.54) is 17.8 Å². The summed E-state index contributed by atoms with van der Waals surface area (Å²) >= 11 is 1.38. The Kier molecular flexibility index (Phi) is 8.03. The van der Waals surface area contributed by atoms with Gasteiger partial charge in [0, 0.05) is 63.4 Å². The first-order valence-electron chi connectivity index (χ1n) is 10.8. The van der Waals surface area contributed by atoms with E-state index in [1.807, 2.05) is 33.7 Å². The summed E-state index contributed by atoms with van der Waals surface area (Å²) in [5, 5.41) is 9.33. The lowest BCUT2D eigenvalue weighted by Gasteiger charge is -2.34. The van der Waals surface area contributed by atoms with Crippen LogP contribution in [0.4, 0.5) is 4.39 Å². The van der Waals surface area contributed by atoms with Crippen molar-refractivity contribution in [3.8, 4) is 11.4 Å². The number of pyridine rings is 1. The number of ether oxygens (including phenoxy) is 1. The van der Waals surface area contributed by atoms with Gasteiger partial charge in [-0.25, -0.2) is 4.39 Å². The number of nitrogens with zero attached hydrogens (tertiary/aromatic N) is 6. The largest absolute Gasteiger partial charge is 0.383 e. The van der Waals surface area contributed by atoms with E-state index in [4.69, 9.17) is 4.74 Å². The van der Waals surface area contributed by atoms with Crippen molar-refractivity contribution < 1.29 is 13.9 Å². The van der Waals surface area contributed by atoms with Gasteiger partial charge >= 0.3 is 0 Å². The third-order valence-corrected chi connectivity index (χ3v) is 6.53. The molecule has 0 unspecified atom stereocenters. The van der Waals surface area contributed by atoms with Crippen LogP contribution in [0.3, 0.4) is 0 Å². The van der Waals surface area contributed by atoms with Gasteiger partial charge in [0.25, 0.3) is 0 Å². The minimum Gasteiger partial charge on any atom is -0.383 e. The molecule has 0 radical (unpaired) electrons. The maximum absolute atomic E-state index is 13.9. The van der Waals surface area contributed by atoms with Gasteiger partial charge < -0.3 is 9.64 Å². The summed E-state index contributed by atoms with van der Waals surface area (Å²) in [6.45, 7) is 4.37. The number of aromatic nitrogens is 4. The number of rotatable bonds is 9. The number of thioether (sulfide) groups is 1. The number of benzene rings is 1. The highest BCUT2D eigenvalue weighted by atomic mass is 32.2. The molecule has 1 aliphatic rings. The van der Waals surface area contributed by atoms with Crippen LogP contribution in [-0.2, 0) is 22.6 Å². The number of halogens is 1. The van der Waals surface area contributed by atoms with Crippen molar-refractivity contribution in [3.05, 3.63) is 60.2 Å². The first-order chi connectivity index (χ1) is 16.2. The molecule has 1 fully saturated rings. The van der Waals surface area contributed by atoms with E-state index >= 15 is 0 Å². The summed E-state index contributed by atoms with van der Waals surface area (Å²) < 4.78 is 21.1. The molecule has 1 amide bonds. The van der Waals surface area contributed by atoms with Gasteiger partial charge in [-0.3, -0.25) is 19.2 Å². The van der Waals surface area contributed by atoms with E-state index in [9.17, 15) is 9.18 Å². The lowest BCUT2D eigenvalue weighted by molar-refractivity contribution is -0.130. The predicted molar refractivity (Wildman–Crippen MR) is 124 cm³/mol. The van der Waals surface area contributed by atoms with Crippen molar-refractivity contribution in [3.63, 3.8) is 0 Å². The molecule has 3 heterocycles. The molecule has 0 bridgehead atoms. The van der Waals surface area contributed by atoms with Crippen LogP contribution in [-0.4, -0.2) is 81.1 Å². The SMILES string of the molecule is COCCn1c(SCC(=O)N2CCN(Cc3ccccc3F)CC2)nnc1-c1ccncc1. The Balaban J connectivity index is 1.33. The molecule has 10 heteroatoms. The van der Waals surface area contributed by atoms with Crippen molar-refractivity contribution >= 4 is 17.7 Å². The first-order valence-corrected chi connectivity index (χ1v) is 11.8. The van der Waals surface area contributed by atoms with Gasteiger partial charge in [-0.15, -0.1) is 10.2 Å². The summed E-state index contributed by atoms with van der Waals surface area (Å²) in [4.78, 5) is 20.9. The molecule has 4 rings (SSSR count). The quantitative estimate of drug-likeness (QED) is 0.445. The van der Waals surface area contributed by atoms with Crippen molar-refractivity contribution in [2.75, 3.05) is 45.6 Å². The molecule has 2 aromatic heterocycles. The molecule has 3 aromatic rings. The van der Waals surface area contributed by atoms with Crippen LogP contribution < -0.4 is 0 Å². The van der Waals surface area contributed by atoms with Crippen LogP contribution in [0, 0.1) is 5.82 Å². The van der Waals surface area contributed by atoms with Gasteiger partial charge in [-0.2, -0.15) is 0 Å². The van der Waals surface area contributed by atoms with Crippen molar-refractivity contribution in [2.24, 2.45) is 0 Å². The second-order valence-corrected chi connectivity index (χ2v) is 8.67. The molecule has 0 saturated carbocycles. The van der Waals surface area contributed by atoms with E-state index in [0.29, 0.717) is 43.5 Å². The van der Waals surface area contributed by atoms with Gasteiger partial charge in [-0.1, -0.05) is 30.0 Å². The fraction of sp³-hybridized carbons (Fsp3) is 0.391. The van der Waals surface area contributed by atoms with Gasteiger partial charge in [0.15, 0.2) is 11.0 Å². The molecule has 8 nitrogen and oxygen atoms in total. The normalized spacial score (nSPS) is 14.5. The minimum atomic E-state index is -0.184. The third-order valence-electron chi connectivity index (χ3n) is 5.58. The predicted octanol–water partition coefficient (Wildman–Crippen LogP) is 2.56. The van der Waals surface area contributed by atoms with Crippen LogP contribution in [0.2, 0.25) is 0 Å². The van der Waals surface area contributed by atoms with Gasteiger partial charge in [-0.05, 0) is 18.2 Å². The Morgan fingerprint density at radius 3 is 2.58 bits per heavy atom. The first kappa shape index (κ1) is 23.3. The van der Waals surface area contributed by atoms with E-state index in [0.717, 1.165) is 24.5 Å². The Hall–Kier alpha value is -2.82. The Morgan fingerprint density at radius 1 is 1.09 bits per heavy atom. The highest BCUT2D eigenvalue weighted by molar-refractivity contribution is 7.99. The maximum atomic E-state index is 13.9.